The molecule has 1 aliphatic carbocycles. The van der Waals surface area contributed by atoms with Gasteiger partial charge in [-0.2, -0.15) is 0 Å². The number of methoxy groups -OCH3 is 1. The summed E-state index contributed by atoms with van der Waals surface area (Å²) < 4.78 is 15.3. The molecule has 378 valence electrons. The lowest BCUT2D eigenvalue weighted by Crippen LogP contribution is -2.62. The summed E-state index contributed by atoms with van der Waals surface area (Å²) in [5.41, 5.74) is 11.6. The lowest BCUT2D eigenvalue weighted by molar-refractivity contribution is -0.156. The summed E-state index contributed by atoms with van der Waals surface area (Å²) in [6, 6.07) is 14.2. The summed E-state index contributed by atoms with van der Waals surface area (Å²) in [6.07, 6.45) is 4.38. The van der Waals surface area contributed by atoms with Crippen LogP contribution in [-0.2, 0) is 46.4 Å². The second-order valence-corrected chi connectivity index (χ2v) is 21.3. The molecule has 2 N–H and O–H groups in total. The first-order valence-electron chi connectivity index (χ1n) is 25.5. The molecule has 4 aliphatic heterocycles. The predicted molar refractivity (Wildman–Crippen MR) is 273 cm³/mol. The summed E-state index contributed by atoms with van der Waals surface area (Å²) in [7, 11) is 5.52. The molecule has 2 aromatic heterocycles. The number of rotatable bonds is 9. The maximum absolute atomic E-state index is 14.9. The number of nitrogens with one attached hydrogen (secondary N) is 2. The van der Waals surface area contributed by atoms with Crippen LogP contribution in [0.2, 0.25) is 0 Å². The van der Waals surface area contributed by atoms with E-state index in [1.165, 1.54) is 16.0 Å². The normalized spacial score (nSPS) is 24.0. The Balaban J connectivity index is 1.12. The van der Waals surface area contributed by atoms with Crippen LogP contribution in [0.15, 0.2) is 67.4 Å². The second kappa shape index (κ2) is 20.2. The van der Waals surface area contributed by atoms with Gasteiger partial charge in [-0.1, -0.05) is 64.6 Å². The highest BCUT2D eigenvalue weighted by atomic mass is 16.5. The summed E-state index contributed by atoms with van der Waals surface area (Å²) in [5, 5.41) is 5.61. The van der Waals surface area contributed by atoms with E-state index in [1.807, 2.05) is 32.2 Å². The van der Waals surface area contributed by atoms with Crippen LogP contribution in [0.5, 0.6) is 0 Å². The molecule has 9 rings (SSSR count). The molecule has 3 saturated heterocycles. The smallest absolute Gasteiger partial charge is 0.324 e. The first-order chi connectivity index (χ1) is 34.0. The highest BCUT2D eigenvalue weighted by Crippen LogP contribution is 2.57. The number of pyridine rings is 1. The summed E-state index contributed by atoms with van der Waals surface area (Å²) >= 11 is 0. The fraction of sp³-hybridized carbons (Fsp3) is 0.527. The number of likely N-dealkylation sites (tertiary alicyclic amines) is 1. The fourth-order valence-corrected chi connectivity index (χ4v) is 11.9. The van der Waals surface area contributed by atoms with Crippen LogP contribution >= 0.6 is 0 Å². The number of benzene rings is 2. The zero-order valence-electron chi connectivity index (χ0n) is 42.7. The first kappa shape index (κ1) is 49.9. The van der Waals surface area contributed by atoms with Crippen LogP contribution in [-0.4, -0.2) is 151 Å². The van der Waals surface area contributed by atoms with E-state index in [0.29, 0.717) is 38.9 Å². The molecule has 6 atom stereocenters. The number of carbonyl (C=O) groups is 5. The quantitative estimate of drug-likeness (QED) is 0.160. The number of esters is 1. The third kappa shape index (κ3) is 9.46. The number of hydrogen-bond acceptors (Lipinski definition) is 11. The monoisotopic (exact) mass is 970 g/mol. The number of nitrogens with zero attached hydrogens (tertiary/aromatic N) is 7. The van der Waals surface area contributed by atoms with Gasteiger partial charge in [0.1, 0.15) is 24.2 Å². The van der Waals surface area contributed by atoms with E-state index in [0.717, 1.165) is 82.0 Å². The zero-order chi connectivity index (χ0) is 50.5. The Bertz CT molecular complexity index is 2720. The van der Waals surface area contributed by atoms with E-state index in [1.54, 1.807) is 19.1 Å². The van der Waals surface area contributed by atoms with Gasteiger partial charge in [0.15, 0.2) is 0 Å². The largest absolute Gasteiger partial charge is 0.464 e. The van der Waals surface area contributed by atoms with Crippen molar-refractivity contribution >= 4 is 46.2 Å². The number of anilines is 1. The lowest BCUT2D eigenvalue weighted by Gasteiger charge is -2.43. The number of piperazine rings is 1. The van der Waals surface area contributed by atoms with Gasteiger partial charge in [0, 0.05) is 101 Å². The van der Waals surface area contributed by atoms with Crippen LogP contribution in [0.25, 0.3) is 33.3 Å². The molecule has 5 aliphatic rings. The van der Waals surface area contributed by atoms with Gasteiger partial charge in [-0.05, 0) is 85.7 Å². The molecule has 6 heterocycles. The van der Waals surface area contributed by atoms with Gasteiger partial charge >= 0.3 is 5.97 Å². The topological polar surface area (TPSA) is 162 Å². The van der Waals surface area contributed by atoms with Gasteiger partial charge < -0.3 is 39.0 Å². The van der Waals surface area contributed by atoms with Crippen molar-refractivity contribution in [1.29, 1.82) is 0 Å². The number of fused-ring (bicyclic) bond motifs is 8. The van der Waals surface area contributed by atoms with Crippen LogP contribution in [0.1, 0.15) is 82.7 Å². The molecule has 16 heteroatoms. The Hall–Kier alpha value is -6.10. The highest BCUT2D eigenvalue weighted by Gasteiger charge is 2.48. The number of likely N-dealkylation sites (N-methyl/N-ethyl adjacent to an activating group) is 2. The predicted octanol–water partition coefficient (Wildman–Crippen LogP) is 5.55. The third-order valence-corrected chi connectivity index (χ3v) is 15.8. The number of hydrazine groups is 1. The first-order valence-corrected chi connectivity index (χ1v) is 25.5. The van der Waals surface area contributed by atoms with E-state index in [9.17, 15) is 24.0 Å². The van der Waals surface area contributed by atoms with Gasteiger partial charge in [-0.25, -0.2) is 5.43 Å². The van der Waals surface area contributed by atoms with Crippen molar-refractivity contribution in [2.45, 2.75) is 97.0 Å². The molecule has 1 unspecified atom stereocenters. The van der Waals surface area contributed by atoms with Crippen LogP contribution < -0.4 is 15.6 Å². The number of hydrogen-bond donors (Lipinski definition) is 2. The molecule has 0 saturated carbocycles. The molecule has 6 bridgehead atoms. The standard InChI is InChI=1S/C55H71N9O7/c1-10-44(65)62-21-19-37(31-62)52(67)60(8)48(33(3)4)51(66)57-42-27-34-14-12-15-35(26-34)36-17-18-43-39(28-36)45-46(55(5,6)32-71-54(69)41-16-13-20-64(58-41)53(42)68)50(70-9)47-40(49(45)63(43)11-2)29-38(30-56-47)61-24-22-59(7)23-25-61/h10,12,14-15,17-18,26,28-30,33,37,41-42,46,48,50,58H,1,11,13,16,19-25,27,31-32H2,2-9H3,(H,57,66)/t37-,41-,42-,46?,48-,50-/m0/s1. The molecular formula is C55H71N9O7. The van der Waals surface area contributed by atoms with Gasteiger partial charge in [0.05, 0.1) is 35.8 Å². The van der Waals surface area contributed by atoms with Crippen LogP contribution in [0, 0.1) is 17.3 Å². The minimum atomic E-state index is -1.06. The molecule has 0 spiro atoms. The summed E-state index contributed by atoms with van der Waals surface area (Å²) in [6.45, 7) is 19.3. The number of aryl methyl sites for hydroxylation is 1. The average molecular weight is 970 g/mol. The number of amides is 4. The molecule has 4 aromatic rings. The molecule has 3 fully saturated rings. The Morgan fingerprint density at radius 2 is 1.79 bits per heavy atom. The molecule has 71 heavy (non-hydrogen) atoms. The third-order valence-electron chi connectivity index (χ3n) is 15.8. The molecule has 16 nitrogen and oxygen atoms in total. The Morgan fingerprint density at radius 3 is 2.51 bits per heavy atom. The van der Waals surface area contributed by atoms with Crippen molar-refractivity contribution in [2.75, 3.05) is 78.5 Å². The number of cyclic esters (lactones) is 1. The number of ether oxygens (including phenoxy) is 2. The van der Waals surface area contributed by atoms with E-state index < -0.39 is 53.3 Å². The Morgan fingerprint density at radius 1 is 1.03 bits per heavy atom. The van der Waals surface area contributed by atoms with Crippen LogP contribution in [0.4, 0.5) is 5.69 Å². The molecule has 2 aromatic carbocycles. The van der Waals surface area contributed by atoms with E-state index >= 15 is 0 Å². The fourth-order valence-electron chi connectivity index (χ4n) is 11.9. The molecular weight excluding hydrogens is 899 g/mol. The van der Waals surface area contributed by atoms with E-state index in [-0.39, 0.29) is 43.2 Å². The summed E-state index contributed by atoms with van der Waals surface area (Å²) in [5.74, 6) is -2.86. The minimum absolute atomic E-state index is 0.0716. The lowest BCUT2D eigenvalue weighted by atomic mass is 9.67. The van der Waals surface area contributed by atoms with Gasteiger partial charge in [-0.3, -0.25) is 34.0 Å². The SMILES string of the molecule is C=CC(=O)N1CC[C@H](C(=O)N(C)[C@H](C(=O)N[C@H]2Cc3cccc(c3)-c3ccc4c(c3)c3c(n4CC)-c4cc(N5CCN(C)CC5)cnc4[C@@H](OC)C3C(C)(C)COC(=O)[C@@H]3CCCN(N3)C2=O)C(C)C)C1. The second-order valence-electron chi connectivity index (χ2n) is 21.3. The van der Waals surface area contributed by atoms with Crippen molar-refractivity contribution in [3.63, 3.8) is 0 Å². The maximum Gasteiger partial charge on any atom is 0.324 e. The maximum atomic E-state index is 14.9. The zero-order valence-corrected chi connectivity index (χ0v) is 42.7. The number of aromatic nitrogens is 2. The molecule has 0 radical (unpaired) electrons. The summed E-state index contributed by atoms with van der Waals surface area (Å²) in [4.78, 5) is 83.1. The van der Waals surface area contributed by atoms with E-state index in [2.05, 4.69) is 95.9 Å². The number of carbonyl (C=O) groups excluding carboxylic acids is 5. The molecule has 4 amide bonds. The minimum Gasteiger partial charge on any atom is -0.464 e. The highest BCUT2D eigenvalue weighted by molar-refractivity contribution is 5.98. The van der Waals surface area contributed by atoms with Crippen molar-refractivity contribution in [2.24, 2.45) is 17.3 Å². The average Bonchev–Trinajstić information content (AvgIpc) is 4.00. The Kier molecular flexibility index (Phi) is 14.2. The van der Waals surface area contributed by atoms with Crippen molar-refractivity contribution in [3.8, 4) is 22.4 Å². The van der Waals surface area contributed by atoms with Gasteiger partial charge in [0.2, 0.25) is 17.7 Å². The van der Waals surface area contributed by atoms with E-state index in [4.69, 9.17) is 14.5 Å². The van der Waals surface area contributed by atoms with Crippen molar-refractivity contribution in [3.05, 3.63) is 84.2 Å². The van der Waals surface area contributed by atoms with Crippen molar-refractivity contribution in [1.82, 2.24) is 40.0 Å². The van der Waals surface area contributed by atoms with Gasteiger partial charge in [0.25, 0.3) is 5.91 Å². The van der Waals surface area contributed by atoms with Crippen LogP contribution in [0.3, 0.4) is 0 Å². The Labute approximate surface area is 417 Å². The van der Waals surface area contributed by atoms with Crippen molar-refractivity contribution < 1.29 is 33.4 Å². The van der Waals surface area contributed by atoms with Gasteiger partial charge in [-0.15, -0.1) is 0 Å².